The lowest BCUT2D eigenvalue weighted by Crippen LogP contribution is -2.18. The summed E-state index contributed by atoms with van der Waals surface area (Å²) in [5.41, 5.74) is 1.40. The van der Waals surface area contributed by atoms with E-state index in [1.54, 1.807) is 30.3 Å². The molecule has 0 aliphatic carbocycles. The summed E-state index contributed by atoms with van der Waals surface area (Å²) in [6.45, 7) is 2.69. The normalized spacial score (nSPS) is 15.9. The average Bonchev–Trinajstić information content (AvgIpc) is 3.21. The van der Waals surface area contributed by atoms with Gasteiger partial charge < -0.3 is 18.9 Å². The van der Waals surface area contributed by atoms with E-state index in [9.17, 15) is 9.59 Å². The van der Waals surface area contributed by atoms with E-state index >= 15 is 0 Å². The molecule has 1 atom stereocenters. The van der Waals surface area contributed by atoms with Crippen LogP contribution in [-0.2, 0) is 14.3 Å². The maximum absolute atomic E-state index is 12.0. The van der Waals surface area contributed by atoms with Crippen LogP contribution in [0.3, 0.4) is 0 Å². The predicted molar refractivity (Wildman–Crippen MR) is 106 cm³/mol. The number of hydrogen-bond donors (Lipinski definition) is 0. The number of benzene rings is 2. The van der Waals surface area contributed by atoms with Gasteiger partial charge in [-0.3, -0.25) is 0 Å². The minimum Gasteiger partial charge on any atom is -0.482 e. The second-order valence-electron chi connectivity index (χ2n) is 6.43. The first-order valence-corrected chi connectivity index (χ1v) is 9.79. The van der Waals surface area contributed by atoms with Gasteiger partial charge in [0.25, 0.3) is 0 Å². The number of rotatable bonds is 7. The Balaban J connectivity index is 1.45. The van der Waals surface area contributed by atoms with Crippen LogP contribution in [-0.4, -0.2) is 37.9 Å². The summed E-state index contributed by atoms with van der Waals surface area (Å²) in [7, 11) is 0. The molecule has 0 aromatic heterocycles. The number of carbonyl (C=O) groups excluding carboxylic acids is 2. The summed E-state index contributed by atoms with van der Waals surface area (Å²) in [5, 5.41) is 0. The second-order valence-corrected chi connectivity index (χ2v) is 7.29. The van der Waals surface area contributed by atoms with Crippen LogP contribution in [0.15, 0.2) is 46.9 Å². The Labute approximate surface area is 171 Å². The number of aryl methyl sites for hydroxylation is 1. The predicted octanol–water partition coefficient (Wildman–Crippen LogP) is 4.08. The van der Waals surface area contributed by atoms with E-state index in [0.29, 0.717) is 23.7 Å². The lowest BCUT2D eigenvalue weighted by Gasteiger charge is -2.10. The van der Waals surface area contributed by atoms with Crippen LogP contribution < -0.4 is 9.47 Å². The minimum atomic E-state index is -0.533. The molecule has 1 heterocycles. The number of esters is 2. The molecule has 1 saturated heterocycles. The highest BCUT2D eigenvalue weighted by Gasteiger charge is 2.18. The highest BCUT2D eigenvalue weighted by molar-refractivity contribution is 9.10. The molecular weight excluding hydrogens is 428 g/mol. The largest absolute Gasteiger partial charge is 0.482 e. The molecule has 0 amide bonds. The van der Waals surface area contributed by atoms with E-state index in [0.717, 1.165) is 22.9 Å². The van der Waals surface area contributed by atoms with Gasteiger partial charge in [-0.15, -0.1) is 0 Å². The molecule has 2 aromatic rings. The van der Waals surface area contributed by atoms with Crippen molar-refractivity contribution in [2.75, 3.05) is 19.8 Å². The van der Waals surface area contributed by atoms with Gasteiger partial charge in [0.1, 0.15) is 18.1 Å². The van der Waals surface area contributed by atoms with Crippen LogP contribution in [0.5, 0.6) is 11.5 Å². The maximum atomic E-state index is 12.0. The van der Waals surface area contributed by atoms with Crippen LogP contribution in [0.25, 0.3) is 0 Å². The topological polar surface area (TPSA) is 71.1 Å². The molecule has 1 aliphatic heterocycles. The zero-order valence-electron chi connectivity index (χ0n) is 15.5. The molecule has 148 valence electrons. The van der Waals surface area contributed by atoms with Crippen molar-refractivity contribution in [1.82, 2.24) is 0 Å². The Kier molecular flexibility index (Phi) is 7.06. The monoisotopic (exact) mass is 448 g/mol. The van der Waals surface area contributed by atoms with Crippen LogP contribution >= 0.6 is 15.9 Å². The zero-order valence-corrected chi connectivity index (χ0v) is 17.1. The molecule has 6 nitrogen and oxygen atoms in total. The van der Waals surface area contributed by atoms with Crippen molar-refractivity contribution in [2.45, 2.75) is 25.9 Å². The molecule has 0 spiro atoms. The molecule has 1 fully saturated rings. The van der Waals surface area contributed by atoms with E-state index in [1.807, 2.05) is 19.1 Å². The highest BCUT2D eigenvalue weighted by Crippen LogP contribution is 2.22. The van der Waals surface area contributed by atoms with Gasteiger partial charge >= 0.3 is 11.9 Å². The summed E-state index contributed by atoms with van der Waals surface area (Å²) >= 11 is 3.41. The van der Waals surface area contributed by atoms with Gasteiger partial charge in [-0.25, -0.2) is 9.59 Å². The highest BCUT2D eigenvalue weighted by atomic mass is 79.9. The Morgan fingerprint density at radius 1 is 1.14 bits per heavy atom. The van der Waals surface area contributed by atoms with Gasteiger partial charge in [-0.1, -0.05) is 15.9 Å². The molecular formula is C21H21BrO6. The maximum Gasteiger partial charge on any atom is 0.349 e. The fraction of sp³-hybridized carbons (Fsp3) is 0.333. The van der Waals surface area contributed by atoms with Crippen molar-refractivity contribution in [1.29, 1.82) is 0 Å². The Morgan fingerprint density at radius 3 is 2.57 bits per heavy atom. The van der Waals surface area contributed by atoms with E-state index in [-0.39, 0.29) is 19.3 Å². The minimum absolute atomic E-state index is 0.0151. The zero-order chi connectivity index (χ0) is 19.9. The molecule has 0 saturated carbocycles. The molecule has 28 heavy (non-hydrogen) atoms. The molecule has 3 rings (SSSR count). The van der Waals surface area contributed by atoms with Gasteiger partial charge in [0, 0.05) is 11.1 Å². The van der Waals surface area contributed by atoms with Crippen LogP contribution in [0.1, 0.15) is 28.8 Å². The summed E-state index contributed by atoms with van der Waals surface area (Å²) in [4.78, 5) is 24.0. The SMILES string of the molecule is Cc1cc(OCC(=O)Oc2ccc(C(=O)OCC3CCCO3)cc2)ccc1Br. The van der Waals surface area contributed by atoms with Crippen LogP contribution in [0.2, 0.25) is 0 Å². The first-order chi connectivity index (χ1) is 13.5. The molecule has 2 aromatic carbocycles. The van der Waals surface area contributed by atoms with Crippen molar-refractivity contribution >= 4 is 27.9 Å². The number of hydrogen-bond acceptors (Lipinski definition) is 6. The third-order valence-corrected chi connectivity index (χ3v) is 5.12. The first-order valence-electron chi connectivity index (χ1n) is 8.99. The van der Waals surface area contributed by atoms with Gasteiger partial charge in [-0.2, -0.15) is 0 Å². The van der Waals surface area contributed by atoms with Crippen molar-refractivity contribution < 1.29 is 28.5 Å². The Bertz CT molecular complexity index is 827. The molecule has 1 unspecified atom stereocenters. The van der Waals surface area contributed by atoms with Crippen molar-refractivity contribution in [3.63, 3.8) is 0 Å². The van der Waals surface area contributed by atoms with Crippen molar-refractivity contribution in [2.24, 2.45) is 0 Å². The summed E-state index contributed by atoms with van der Waals surface area (Å²) in [6, 6.07) is 11.6. The van der Waals surface area contributed by atoms with Crippen molar-refractivity contribution in [3.8, 4) is 11.5 Å². The molecule has 0 bridgehead atoms. The van der Waals surface area contributed by atoms with Crippen LogP contribution in [0, 0.1) is 6.92 Å². The van der Waals surface area contributed by atoms with Gasteiger partial charge in [0.2, 0.25) is 0 Å². The average molecular weight is 449 g/mol. The number of carbonyl (C=O) groups is 2. The standard InChI is InChI=1S/C21H21BrO6/c1-14-11-17(8-9-19(14)22)26-13-20(23)28-16-6-4-15(5-7-16)21(24)27-12-18-3-2-10-25-18/h4-9,11,18H,2-3,10,12-13H2,1H3. The first kappa shape index (κ1) is 20.4. The van der Waals surface area contributed by atoms with Gasteiger partial charge in [0.05, 0.1) is 11.7 Å². The third kappa shape index (κ3) is 5.81. The lowest BCUT2D eigenvalue weighted by molar-refractivity contribution is -0.136. The van der Waals surface area contributed by atoms with E-state index in [4.69, 9.17) is 18.9 Å². The quantitative estimate of drug-likeness (QED) is 0.469. The molecule has 7 heteroatoms. The number of ether oxygens (including phenoxy) is 4. The van der Waals surface area contributed by atoms with E-state index < -0.39 is 11.9 Å². The Morgan fingerprint density at radius 2 is 1.89 bits per heavy atom. The molecule has 1 aliphatic rings. The summed E-state index contributed by atoms with van der Waals surface area (Å²) in [5.74, 6) is -0.0464. The van der Waals surface area contributed by atoms with Crippen LogP contribution in [0.4, 0.5) is 0 Å². The lowest BCUT2D eigenvalue weighted by atomic mass is 10.2. The molecule has 0 radical (unpaired) electrons. The van der Waals surface area contributed by atoms with Gasteiger partial charge in [-0.05, 0) is 67.8 Å². The van der Waals surface area contributed by atoms with Crippen molar-refractivity contribution in [3.05, 3.63) is 58.1 Å². The fourth-order valence-corrected chi connectivity index (χ4v) is 2.94. The van der Waals surface area contributed by atoms with E-state index in [2.05, 4.69) is 15.9 Å². The van der Waals surface area contributed by atoms with Gasteiger partial charge in [0.15, 0.2) is 6.61 Å². The smallest absolute Gasteiger partial charge is 0.349 e. The molecule has 0 N–H and O–H groups in total. The summed E-state index contributed by atoms with van der Waals surface area (Å²) < 4.78 is 22.3. The third-order valence-electron chi connectivity index (χ3n) is 4.23. The summed E-state index contributed by atoms with van der Waals surface area (Å²) in [6.07, 6.45) is 1.89. The fourth-order valence-electron chi connectivity index (χ4n) is 2.70. The number of halogens is 1. The Hall–Kier alpha value is -2.38. The second kappa shape index (κ2) is 9.71. The van der Waals surface area contributed by atoms with E-state index in [1.165, 1.54) is 0 Å².